The van der Waals surface area contributed by atoms with Crippen LogP contribution in [-0.4, -0.2) is 28.4 Å². The molecule has 6 nitrogen and oxygen atoms in total. The van der Waals surface area contributed by atoms with Crippen molar-refractivity contribution in [3.05, 3.63) is 99.7 Å². The van der Waals surface area contributed by atoms with E-state index >= 15 is 0 Å². The number of aryl methyl sites for hydroxylation is 4. The van der Waals surface area contributed by atoms with Gasteiger partial charge in [0.1, 0.15) is 11.5 Å². The molecule has 1 amide bonds. The summed E-state index contributed by atoms with van der Waals surface area (Å²) in [7, 11) is 0. The van der Waals surface area contributed by atoms with Crippen LogP contribution in [0.4, 0.5) is 5.69 Å². The quantitative estimate of drug-likeness (QED) is 0.190. The molecule has 1 atom stereocenters. The zero-order valence-corrected chi connectivity index (χ0v) is 21.7. The average molecular weight is 495 g/mol. The Kier molecular flexibility index (Phi) is 6.12. The number of Topliss-reactive ketones (excluding diaryl/α,β-unsaturated/α-hetero) is 1. The fourth-order valence-electron chi connectivity index (χ4n) is 5.38. The number of aliphatic hydroxyl groups is 1. The largest absolute Gasteiger partial charge is 0.507 e. The number of rotatable bonds is 5. The van der Waals surface area contributed by atoms with Gasteiger partial charge in [-0.05, 0) is 87.7 Å². The molecule has 1 fully saturated rings. The van der Waals surface area contributed by atoms with Crippen molar-refractivity contribution in [2.45, 2.75) is 40.7 Å². The highest BCUT2D eigenvalue weighted by atomic mass is 16.5. The highest BCUT2D eigenvalue weighted by Gasteiger charge is 2.48. The SMILES string of the molecule is CCOc1ccc(/C(O)=C2\C(=O)C(=O)N(c3cc(C)cc(C)c3)C2c2c(C)[nH]c3ccccc23)cc1C. The number of H-pyrrole nitrogens is 1. The standard InChI is InChI=1S/C31H30N2O4/c1-6-37-25-12-11-21(16-19(25)4)29(34)27-28(26-20(5)32-24-10-8-7-9-23(24)26)33(31(36)30(27)35)22-14-17(2)13-18(3)15-22/h7-16,28,32,34H,6H2,1-5H3/b29-27+. The van der Waals surface area contributed by atoms with Gasteiger partial charge in [0.2, 0.25) is 0 Å². The third-order valence-corrected chi connectivity index (χ3v) is 6.89. The predicted octanol–water partition coefficient (Wildman–Crippen LogP) is 6.43. The minimum absolute atomic E-state index is 0.0700. The summed E-state index contributed by atoms with van der Waals surface area (Å²) in [6, 6.07) is 18.1. The summed E-state index contributed by atoms with van der Waals surface area (Å²) in [5.74, 6) is -0.869. The van der Waals surface area contributed by atoms with Crippen LogP contribution in [0.3, 0.4) is 0 Å². The molecule has 1 saturated heterocycles. The summed E-state index contributed by atoms with van der Waals surface area (Å²) >= 11 is 0. The van der Waals surface area contributed by atoms with Crippen molar-refractivity contribution in [2.24, 2.45) is 0 Å². The number of aromatic amines is 1. The molecule has 0 radical (unpaired) electrons. The van der Waals surface area contributed by atoms with Gasteiger partial charge < -0.3 is 14.8 Å². The fourth-order valence-corrected chi connectivity index (χ4v) is 5.38. The van der Waals surface area contributed by atoms with E-state index in [-0.39, 0.29) is 11.3 Å². The van der Waals surface area contributed by atoms with Crippen molar-refractivity contribution in [1.29, 1.82) is 0 Å². The number of nitrogens with one attached hydrogen (secondary N) is 1. The van der Waals surface area contributed by atoms with Gasteiger partial charge in [0.15, 0.2) is 0 Å². The summed E-state index contributed by atoms with van der Waals surface area (Å²) in [5, 5.41) is 12.5. The normalized spacial score (nSPS) is 17.1. The van der Waals surface area contributed by atoms with Gasteiger partial charge in [0.25, 0.3) is 11.7 Å². The Morgan fingerprint density at radius 1 is 0.973 bits per heavy atom. The summed E-state index contributed by atoms with van der Waals surface area (Å²) in [5.41, 5.74) is 6.46. The number of aromatic nitrogens is 1. The number of hydrogen-bond donors (Lipinski definition) is 2. The van der Waals surface area contributed by atoms with Gasteiger partial charge in [-0.3, -0.25) is 14.5 Å². The van der Waals surface area contributed by atoms with E-state index < -0.39 is 17.7 Å². The number of carbonyl (C=O) groups is 2. The van der Waals surface area contributed by atoms with Gasteiger partial charge in [-0.25, -0.2) is 0 Å². The molecule has 1 aliphatic rings. The zero-order valence-electron chi connectivity index (χ0n) is 21.7. The first kappa shape index (κ1) is 24.4. The molecule has 1 unspecified atom stereocenters. The van der Waals surface area contributed by atoms with E-state index in [9.17, 15) is 14.7 Å². The lowest BCUT2D eigenvalue weighted by molar-refractivity contribution is -0.132. The lowest BCUT2D eigenvalue weighted by Crippen LogP contribution is -2.29. The molecule has 37 heavy (non-hydrogen) atoms. The number of carbonyl (C=O) groups excluding carboxylic acids is 2. The molecule has 6 heteroatoms. The molecule has 188 valence electrons. The molecular weight excluding hydrogens is 464 g/mol. The average Bonchev–Trinajstić information content (AvgIpc) is 3.31. The maximum atomic E-state index is 13.6. The van der Waals surface area contributed by atoms with Crippen molar-refractivity contribution >= 4 is 34.0 Å². The Labute approximate surface area is 216 Å². The maximum absolute atomic E-state index is 13.6. The number of ketones is 1. The molecule has 1 aliphatic heterocycles. The smallest absolute Gasteiger partial charge is 0.300 e. The van der Waals surface area contributed by atoms with Crippen LogP contribution in [0.2, 0.25) is 0 Å². The number of hydrogen-bond acceptors (Lipinski definition) is 4. The number of ether oxygens (including phenoxy) is 1. The molecule has 0 spiro atoms. The highest BCUT2D eigenvalue weighted by Crippen LogP contribution is 2.46. The monoisotopic (exact) mass is 494 g/mol. The van der Waals surface area contributed by atoms with Crippen molar-refractivity contribution in [3.63, 3.8) is 0 Å². The molecule has 2 N–H and O–H groups in total. The van der Waals surface area contributed by atoms with Crippen LogP contribution in [0, 0.1) is 27.7 Å². The first-order chi connectivity index (χ1) is 17.7. The topological polar surface area (TPSA) is 82.6 Å². The minimum Gasteiger partial charge on any atom is -0.507 e. The Morgan fingerprint density at radius 3 is 2.35 bits per heavy atom. The summed E-state index contributed by atoms with van der Waals surface area (Å²) in [6.45, 7) is 10.2. The van der Waals surface area contributed by atoms with Crippen molar-refractivity contribution < 1.29 is 19.4 Å². The van der Waals surface area contributed by atoms with Crippen LogP contribution >= 0.6 is 0 Å². The van der Waals surface area contributed by atoms with Crippen LogP contribution in [0.15, 0.2) is 66.2 Å². The van der Waals surface area contributed by atoms with Crippen LogP contribution < -0.4 is 9.64 Å². The van der Waals surface area contributed by atoms with Gasteiger partial charge in [-0.1, -0.05) is 24.3 Å². The van der Waals surface area contributed by atoms with E-state index in [4.69, 9.17) is 4.74 Å². The molecule has 4 aromatic rings. The van der Waals surface area contributed by atoms with E-state index in [1.807, 2.05) is 77.1 Å². The molecule has 5 rings (SSSR count). The van der Waals surface area contributed by atoms with Gasteiger partial charge >= 0.3 is 0 Å². The Bertz CT molecular complexity index is 1570. The number of nitrogens with zero attached hydrogens (tertiary/aromatic N) is 1. The van der Waals surface area contributed by atoms with E-state index in [1.54, 1.807) is 18.2 Å². The first-order valence-corrected chi connectivity index (χ1v) is 12.4. The number of aliphatic hydroxyl groups excluding tert-OH is 1. The van der Waals surface area contributed by atoms with Crippen LogP contribution in [0.5, 0.6) is 5.75 Å². The van der Waals surface area contributed by atoms with E-state index in [2.05, 4.69) is 4.98 Å². The molecule has 2 heterocycles. The van der Waals surface area contributed by atoms with Gasteiger partial charge in [-0.15, -0.1) is 0 Å². The van der Waals surface area contributed by atoms with E-state index in [0.29, 0.717) is 23.6 Å². The number of anilines is 1. The Balaban J connectivity index is 1.79. The number of fused-ring (bicyclic) bond motifs is 1. The van der Waals surface area contributed by atoms with E-state index in [1.165, 1.54) is 4.90 Å². The fraction of sp³-hybridized carbons (Fsp3) is 0.226. The maximum Gasteiger partial charge on any atom is 0.300 e. The molecule has 3 aromatic carbocycles. The second kappa shape index (κ2) is 9.28. The Hall–Kier alpha value is -4.32. The second-order valence-corrected chi connectivity index (χ2v) is 9.64. The number of amides is 1. The predicted molar refractivity (Wildman–Crippen MR) is 146 cm³/mol. The van der Waals surface area contributed by atoms with Gasteiger partial charge in [0.05, 0.1) is 18.2 Å². The van der Waals surface area contributed by atoms with Crippen LogP contribution in [0.1, 0.15) is 46.5 Å². The third-order valence-electron chi connectivity index (χ3n) is 6.89. The van der Waals surface area contributed by atoms with Crippen molar-refractivity contribution in [2.75, 3.05) is 11.5 Å². The minimum atomic E-state index is -0.802. The van der Waals surface area contributed by atoms with Crippen molar-refractivity contribution in [3.8, 4) is 5.75 Å². The molecule has 0 bridgehead atoms. The van der Waals surface area contributed by atoms with Gasteiger partial charge in [0, 0.05) is 33.4 Å². The summed E-state index contributed by atoms with van der Waals surface area (Å²) in [4.78, 5) is 32.2. The van der Waals surface area contributed by atoms with Crippen LogP contribution in [-0.2, 0) is 9.59 Å². The molecular formula is C31H30N2O4. The third kappa shape index (κ3) is 4.08. The molecule has 1 aromatic heterocycles. The number of para-hydroxylation sites is 1. The van der Waals surface area contributed by atoms with E-state index in [0.717, 1.165) is 38.9 Å². The lowest BCUT2D eigenvalue weighted by atomic mass is 9.92. The number of benzene rings is 3. The lowest BCUT2D eigenvalue weighted by Gasteiger charge is -2.26. The Morgan fingerprint density at radius 2 is 1.68 bits per heavy atom. The summed E-state index contributed by atoms with van der Waals surface area (Å²) in [6.07, 6.45) is 0. The van der Waals surface area contributed by atoms with Crippen molar-refractivity contribution in [1.82, 2.24) is 4.98 Å². The molecule has 0 saturated carbocycles. The second-order valence-electron chi connectivity index (χ2n) is 9.64. The van der Waals surface area contributed by atoms with Gasteiger partial charge in [-0.2, -0.15) is 0 Å². The molecule has 0 aliphatic carbocycles. The van der Waals surface area contributed by atoms with Crippen LogP contribution in [0.25, 0.3) is 16.7 Å². The zero-order chi connectivity index (χ0) is 26.4. The summed E-state index contributed by atoms with van der Waals surface area (Å²) < 4.78 is 5.65. The first-order valence-electron chi connectivity index (χ1n) is 12.4. The highest BCUT2D eigenvalue weighted by molar-refractivity contribution is 6.52.